The summed E-state index contributed by atoms with van der Waals surface area (Å²) in [6.45, 7) is 3.62. The van der Waals surface area contributed by atoms with Crippen LogP contribution in [-0.2, 0) is 0 Å². The second kappa shape index (κ2) is 9.24. The lowest BCUT2D eigenvalue weighted by Crippen LogP contribution is -2.27. The monoisotopic (exact) mass is 535 g/mol. The number of nitrogens with zero attached hydrogens (tertiary/aromatic N) is 3. The third-order valence-electron chi connectivity index (χ3n) is 6.00. The van der Waals surface area contributed by atoms with Crippen LogP contribution in [0.2, 0.25) is 5.02 Å². The van der Waals surface area contributed by atoms with Crippen LogP contribution in [-0.4, -0.2) is 39.5 Å². The van der Waals surface area contributed by atoms with Crippen molar-refractivity contribution >= 4 is 55.7 Å². The van der Waals surface area contributed by atoms with Crippen molar-refractivity contribution in [3.8, 4) is 5.69 Å². The number of carbonyl (C=O) groups excluding carboxylic acids is 1. The van der Waals surface area contributed by atoms with Crippen molar-refractivity contribution in [2.75, 3.05) is 18.4 Å². The van der Waals surface area contributed by atoms with Gasteiger partial charge in [0.2, 0.25) is 0 Å². The van der Waals surface area contributed by atoms with Crippen LogP contribution in [0.1, 0.15) is 34.6 Å². The van der Waals surface area contributed by atoms with Gasteiger partial charge in [-0.2, -0.15) is 5.10 Å². The Balaban J connectivity index is 1.40. The fourth-order valence-corrected chi connectivity index (χ4v) is 4.93. The van der Waals surface area contributed by atoms with Gasteiger partial charge in [-0.05, 0) is 79.1 Å². The van der Waals surface area contributed by atoms with Crippen molar-refractivity contribution in [2.45, 2.75) is 19.8 Å². The molecule has 34 heavy (non-hydrogen) atoms. The second-order valence-electron chi connectivity index (χ2n) is 8.45. The second-order valence-corrected chi connectivity index (χ2v) is 9.77. The van der Waals surface area contributed by atoms with Gasteiger partial charge in [0.05, 0.1) is 16.4 Å². The van der Waals surface area contributed by atoms with E-state index in [1.54, 1.807) is 28.9 Å². The van der Waals surface area contributed by atoms with Crippen LogP contribution in [0.25, 0.3) is 16.5 Å². The van der Waals surface area contributed by atoms with Crippen LogP contribution >= 0.6 is 27.5 Å². The Kier molecular flexibility index (Phi) is 6.15. The van der Waals surface area contributed by atoms with E-state index < -0.39 is 0 Å². The Morgan fingerprint density at radius 1 is 1.03 bits per heavy atom. The topological polar surface area (TPSA) is 74.0 Å². The van der Waals surface area contributed by atoms with E-state index in [0.717, 1.165) is 52.6 Å². The number of halogens is 2. The molecule has 6 nitrogen and oxygen atoms in total. The largest absolute Gasteiger partial charge is 0.357 e. The summed E-state index contributed by atoms with van der Waals surface area (Å²) in [5.74, 6) is 0.146. The summed E-state index contributed by atoms with van der Waals surface area (Å²) in [6.07, 6.45) is 2.19. The lowest BCUT2D eigenvalue weighted by molar-refractivity contribution is 0.101. The number of anilines is 1. The SMILES string of the molecule is Cc1cc(C(=O)Nc2ccc(C(=N)N3CCCC3)c(Cl)c2)n(-c2ccc3cc(Br)ccc3c2)n1. The minimum Gasteiger partial charge on any atom is -0.357 e. The molecule has 0 unspecified atom stereocenters. The minimum atomic E-state index is -0.282. The molecule has 5 rings (SSSR count). The van der Waals surface area contributed by atoms with E-state index >= 15 is 0 Å². The summed E-state index contributed by atoms with van der Waals surface area (Å²) in [5, 5.41) is 18.5. The van der Waals surface area contributed by atoms with Gasteiger partial charge < -0.3 is 10.2 Å². The molecule has 0 bridgehead atoms. The molecule has 0 saturated carbocycles. The summed E-state index contributed by atoms with van der Waals surface area (Å²) in [6, 6.07) is 19.1. The maximum Gasteiger partial charge on any atom is 0.274 e. The van der Waals surface area contributed by atoms with Gasteiger partial charge in [0, 0.05) is 28.8 Å². The molecule has 1 aromatic heterocycles. The van der Waals surface area contributed by atoms with E-state index in [-0.39, 0.29) is 5.91 Å². The van der Waals surface area contributed by atoms with E-state index in [4.69, 9.17) is 17.0 Å². The Morgan fingerprint density at radius 2 is 1.76 bits per heavy atom. The first-order valence-electron chi connectivity index (χ1n) is 11.1. The van der Waals surface area contributed by atoms with Gasteiger partial charge in [0.25, 0.3) is 5.91 Å². The van der Waals surface area contributed by atoms with E-state index in [9.17, 15) is 4.79 Å². The number of benzene rings is 3. The van der Waals surface area contributed by atoms with Gasteiger partial charge >= 0.3 is 0 Å². The fourth-order valence-electron chi connectivity index (χ4n) is 4.28. The van der Waals surface area contributed by atoms with Crippen LogP contribution < -0.4 is 5.32 Å². The average molecular weight is 537 g/mol. The van der Waals surface area contributed by atoms with Crippen LogP contribution in [0.15, 0.2) is 65.1 Å². The standard InChI is InChI=1S/C26H23BrClN5O/c1-16-12-24(33(31-16)21-8-5-17-13-19(27)6-4-18(17)14-21)26(34)30-20-7-9-22(23(28)15-20)25(29)32-10-2-3-11-32/h4-9,12-15,29H,2-3,10-11H2,1H3,(H,30,34). The zero-order valence-electron chi connectivity index (χ0n) is 18.6. The predicted molar refractivity (Wildman–Crippen MR) is 141 cm³/mol. The number of aromatic nitrogens is 2. The molecule has 172 valence electrons. The maximum absolute atomic E-state index is 13.2. The molecule has 1 amide bonds. The summed E-state index contributed by atoms with van der Waals surface area (Å²) < 4.78 is 2.67. The van der Waals surface area contributed by atoms with Crippen molar-refractivity contribution < 1.29 is 4.79 Å². The number of likely N-dealkylation sites (tertiary alicyclic amines) is 1. The van der Waals surface area contributed by atoms with E-state index in [1.807, 2.05) is 42.2 Å². The van der Waals surface area contributed by atoms with Crippen molar-refractivity contribution in [2.24, 2.45) is 0 Å². The number of rotatable bonds is 4. The highest BCUT2D eigenvalue weighted by atomic mass is 79.9. The van der Waals surface area contributed by atoms with Crippen LogP contribution in [0.3, 0.4) is 0 Å². The molecule has 0 radical (unpaired) electrons. The maximum atomic E-state index is 13.2. The predicted octanol–water partition coefficient (Wildman–Crippen LogP) is 6.42. The zero-order valence-corrected chi connectivity index (χ0v) is 20.9. The Labute approximate surface area is 211 Å². The molecule has 1 aliphatic heterocycles. The number of nitrogens with one attached hydrogen (secondary N) is 2. The van der Waals surface area contributed by atoms with Crippen molar-refractivity contribution in [3.05, 3.63) is 87.1 Å². The molecule has 0 spiro atoms. The van der Waals surface area contributed by atoms with Gasteiger partial charge in [-0.25, -0.2) is 4.68 Å². The first-order valence-corrected chi connectivity index (χ1v) is 12.3. The molecule has 4 aromatic rings. The van der Waals surface area contributed by atoms with Crippen molar-refractivity contribution in [1.29, 1.82) is 5.41 Å². The molecule has 0 aliphatic carbocycles. The number of fused-ring (bicyclic) bond motifs is 1. The molecule has 1 aliphatic rings. The minimum absolute atomic E-state index is 0.282. The van der Waals surface area contributed by atoms with Gasteiger partial charge in [0.1, 0.15) is 11.5 Å². The molecule has 2 heterocycles. The summed E-state index contributed by atoms with van der Waals surface area (Å²) in [7, 11) is 0. The van der Waals surface area contributed by atoms with E-state index in [1.165, 1.54) is 0 Å². The Bertz CT molecular complexity index is 1420. The van der Waals surface area contributed by atoms with E-state index in [2.05, 4.69) is 32.4 Å². The van der Waals surface area contributed by atoms with Crippen LogP contribution in [0.4, 0.5) is 5.69 Å². The van der Waals surface area contributed by atoms with Crippen LogP contribution in [0.5, 0.6) is 0 Å². The summed E-state index contributed by atoms with van der Waals surface area (Å²) >= 11 is 9.99. The normalized spacial score (nSPS) is 13.4. The molecule has 3 aromatic carbocycles. The molecule has 8 heteroatoms. The Hall–Kier alpha value is -3.16. The first kappa shape index (κ1) is 22.6. The Morgan fingerprint density at radius 3 is 2.53 bits per heavy atom. The van der Waals surface area contributed by atoms with Crippen molar-refractivity contribution in [3.63, 3.8) is 0 Å². The van der Waals surface area contributed by atoms with Gasteiger partial charge in [-0.15, -0.1) is 0 Å². The molecule has 0 atom stereocenters. The number of hydrogen-bond donors (Lipinski definition) is 2. The number of aryl methyl sites for hydroxylation is 1. The van der Waals surface area contributed by atoms with Gasteiger partial charge in [-0.1, -0.05) is 39.7 Å². The smallest absolute Gasteiger partial charge is 0.274 e. The number of amidine groups is 1. The number of carbonyl (C=O) groups is 1. The highest BCUT2D eigenvalue weighted by Gasteiger charge is 2.20. The molecule has 1 saturated heterocycles. The van der Waals surface area contributed by atoms with Gasteiger partial charge in [-0.3, -0.25) is 10.2 Å². The molecule has 1 fully saturated rings. The zero-order chi connectivity index (χ0) is 23.8. The third-order valence-corrected chi connectivity index (χ3v) is 6.80. The molecule has 2 N–H and O–H groups in total. The highest BCUT2D eigenvalue weighted by Crippen LogP contribution is 2.26. The highest BCUT2D eigenvalue weighted by molar-refractivity contribution is 9.10. The first-order chi connectivity index (χ1) is 16.4. The molecular weight excluding hydrogens is 514 g/mol. The molecular formula is C26H23BrClN5O. The lowest BCUT2D eigenvalue weighted by Gasteiger charge is -2.19. The number of hydrogen-bond acceptors (Lipinski definition) is 3. The average Bonchev–Trinajstić information content (AvgIpc) is 3.48. The fraction of sp³-hybridized carbons (Fsp3) is 0.192. The van der Waals surface area contributed by atoms with Crippen LogP contribution in [0, 0.1) is 12.3 Å². The van der Waals surface area contributed by atoms with Gasteiger partial charge in [0.15, 0.2) is 0 Å². The lowest BCUT2D eigenvalue weighted by atomic mass is 10.1. The van der Waals surface area contributed by atoms with Crippen molar-refractivity contribution in [1.82, 2.24) is 14.7 Å². The number of amides is 1. The summed E-state index contributed by atoms with van der Waals surface area (Å²) in [4.78, 5) is 15.2. The third kappa shape index (κ3) is 4.45. The van der Waals surface area contributed by atoms with E-state index in [0.29, 0.717) is 27.8 Å². The quantitative estimate of drug-likeness (QED) is 0.233. The summed E-state index contributed by atoms with van der Waals surface area (Å²) in [5.41, 5.74) is 3.22.